The summed E-state index contributed by atoms with van der Waals surface area (Å²) in [5.74, 6) is 1.00. The molecule has 1 aliphatic rings. The lowest BCUT2D eigenvalue weighted by Crippen LogP contribution is -2.41. The Hall–Kier alpha value is -0.820. The topological polar surface area (TPSA) is 12.0 Å². The number of nitrogens with one attached hydrogen (secondary N) is 1. The molecule has 0 radical (unpaired) electrons. The molecule has 1 heteroatoms. The fourth-order valence-electron chi connectivity index (χ4n) is 3.45. The minimum Gasteiger partial charge on any atom is -0.313 e. The zero-order valence-electron chi connectivity index (χ0n) is 13.5. The third-order valence-electron chi connectivity index (χ3n) is 4.93. The Kier molecular flexibility index (Phi) is 5.65. The van der Waals surface area contributed by atoms with Crippen LogP contribution < -0.4 is 5.32 Å². The molecular weight excluding hydrogens is 242 g/mol. The minimum atomic E-state index is 0.224. The average molecular weight is 273 g/mol. The maximum absolute atomic E-state index is 3.82. The molecule has 0 atom stereocenters. The molecule has 0 aromatic heterocycles. The molecule has 0 saturated heterocycles. The van der Waals surface area contributed by atoms with E-state index in [9.17, 15) is 0 Å². The van der Waals surface area contributed by atoms with Crippen LogP contribution in [-0.4, -0.2) is 12.6 Å². The Morgan fingerprint density at radius 1 is 1.05 bits per heavy atom. The lowest BCUT2D eigenvalue weighted by Gasteiger charge is -2.33. The maximum atomic E-state index is 3.82. The summed E-state index contributed by atoms with van der Waals surface area (Å²) in [4.78, 5) is 0. The molecule has 2 rings (SSSR count). The summed E-state index contributed by atoms with van der Waals surface area (Å²) in [6.07, 6.45) is 8.38. The van der Waals surface area contributed by atoms with E-state index < -0.39 is 0 Å². The Morgan fingerprint density at radius 3 is 2.30 bits per heavy atom. The summed E-state index contributed by atoms with van der Waals surface area (Å²) in [7, 11) is 0. The number of hydrogen-bond donors (Lipinski definition) is 1. The van der Waals surface area contributed by atoms with Gasteiger partial charge in [0.1, 0.15) is 0 Å². The highest BCUT2D eigenvalue weighted by atomic mass is 14.9. The van der Waals surface area contributed by atoms with Crippen LogP contribution in [0.15, 0.2) is 30.3 Å². The Bertz CT molecular complexity index is 374. The average Bonchev–Trinajstić information content (AvgIpc) is 2.48. The third kappa shape index (κ3) is 4.34. The van der Waals surface area contributed by atoms with Gasteiger partial charge in [-0.05, 0) is 37.2 Å². The number of hydrogen-bond acceptors (Lipinski definition) is 1. The van der Waals surface area contributed by atoms with Crippen LogP contribution in [0.4, 0.5) is 0 Å². The van der Waals surface area contributed by atoms with Crippen molar-refractivity contribution in [1.29, 1.82) is 0 Å². The fraction of sp³-hybridized carbons (Fsp3) is 0.684. The number of benzene rings is 1. The van der Waals surface area contributed by atoms with Gasteiger partial charge in [0, 0.05) is 18.0 Å². The van der Waals surface area contributed by atoms with Crippen LogP contribution in [0.3, 0.4) is 0 Å². The van der Waals surface area contributed by atoms with Crippen molar-refractivity contribution in [3.8, 4) is 0 Å². The second-order valence-electron chi connectivity index (χ2n) is 7.14. The van der Waals surface area contributed by atoms with E-state index >= 15 is 0 Å². The lowest BCUT2D eigenvalue weighted by atomic mass is 9.81. The molecule has 0 spiro atoms. The van der Waals surface area contributed by atoms with Gasteiger partial charge < -0.3 is 5.32 Å². The minimum absolute atomic E-state index is 0.224. The maximum Gasteiger partial charge on any atom is 0.00676 e. The molecule has 1 N–H and O–H groups in total. The summed E-state index contributed by atoms with van der Waals surface area (Å²) in [5, 5.41) is 3.82. The van der Waals surface area contributed by atoms with Gasteiger partial charge in [-0.3, -0.25) is 0 Å². The molecule has 1 aromatic carbocycles. The SMILES string of the molecule is CCCC1CCC(NCC(C)(C)c2ccccc2)CC1. The van der Waals surface area contributed by atoms with Gasteiger partial charge >= 0.3 is 0 Å². The van der Waals surface area contributed by atoms with Crippen LogP contribution in [0.2, 0.25) is 0 Å². The smallest absolute Gasteiger partial charge is 0.00676 e. The van der Waals surface area contributed by atoms with Crippen molar-refractivity contribution in [2.75, 3.05) is 6.54 Å². The van der Waals surface area contributed by atoms with Gasteiger partial charge in [0.05, 0.1) is 0 Å². The lowest BCUT2D eigenvalue weighted by molar-refractivity contribution is 0.268. The monoisotopic (exact) mass is 273 g/mol. The molecule has 0 aliphatic heterocycles. The van der Waals surface area contributed by atoms with Gasteiger partial charge in [-0.1, -0.05) is 63.9 Å². The van der Waals surface area contributed by atoms with E-state index in [4.69, 9.17) is 0 Å². The van der Waals surface area contributed by atoms with Gasteiger partial charge in [0.2, 0.25) is 0 Å². The first-order valence-corrected chi connectivity index (χ1v) is 8.40. The van der Waals surface area contributed by atoms with E-state index in [1.165, 1.54) is 44.1 Å². The summed E-state index contributed by atoms with van der Waals surface area (Å²) >= 11 is 0. The molecule has 20 heavy (non-hydrogen) atoms. The Morgan fingerprint density at radius 2 is 1.70 bits per heavy atom. The Balaban J connectivity index is 1.78. The van der Waals surface area contributed by atoms with E-state index in [1.54, 1.807) is 0 Å². The molecule has 1 aliphatic carbocycles. The van der Waals surface area contributed by atoms with E-state index in [-0.39, 0.29) is 5.41 Å². The first kappa shape index (κ1) is 15.6. The van der Waals surface area contributed by atoms with E-state index in [0.717, 1.165) is 18.5 Å². The first-order valence-electron chi connectivity index (χ1n) is 8.40. The highest BCUT2D eigenvalue weighted by Crippen LogP contribution is 2.29. The normalized spacial score (nSPS) is 23.8. The van der Waals surface area contributed by atoms with Crippen LogP contribution in [0.5, 0.6) is 0 Å². The quantitative estimate of drug-likeness (QED) is 0.776. The van der Waals surface area contributed by atoms with E-state index in [0.29, 0.717) is 0 Å². The van der Waals surface area contributed by atoms with Crippen LogP contribution in [0.25, 0.3) is 0 Å². The molecule has 1 nitrogen and oxygen atoms in total. The summed E-state index contributed by atoms with van der Waals surface area (Å²) < 4.78 is 0. The molecule has 0 heterocycles. The summed E-state index contributed by atoms with van der Waals surface area (Å²) in [5.41, 5.74) is 1.66. The van der Waals surface area contributed by atoms with Crippen molar-refractivity contribution in [2.24, 2.45) is 5.92 Å². The predicted octanol–water partition coefficient (Wildman–Crippen LogP) is 4.91. The van der Waals surface area contributed by atoms with E-state index in [2.05, 4.69) is 56.4 Å². The van der Waals surface area contributed by atoms with Crippen LogP contribution in [0.1, 0.15) is 64.9 Å². The van der Waals surface area contributed by atoms with Crippen LogP contribution in [0, 0.1) is 5.92 Å². The van der Waals surface area contributed by atoms with Gasteiger partial charge in [0.15, 0.2) is 0 Å². The Labute approximate surface area is 125 Å². The molecular formula is C19H31N. The number of rotatable bonds is 6. The second-order valence-corrected chi connectivity index (χ2v) is 7.14. The zero-order chi connectivity index (χ0) is 14.4. The van der Waals surface area contributed by atoms with E-state index in [1.807, 2.05) is 0 Å². The molecule has 0 bridgehead atoms. The van der Waals surface area contributed by atoms with Crippen molar-refractivity contribution in [3.05, 3.63) is 35.9 Å². The van der Waals surface area contributed by atoms with Crippen LogP contribution in [-0.2, 0) is 5.41 Å². The van der Waals surface area contributed by atoms with Crippen molar-refractivity contribution >= 4 is 0 Å². The molecule has 112 valence electrons. The molecule has 1 saturated carbocycles. The molecule has 0 amide bonds. The van der Waals surface area contributed by atoms with Gasteiger partial charge in [-0.2, -0.15) is 0 Å². The highest BCUT2D eigenvalue weighted by molar-refractivity contribution is 5.23. The molecule has 0 unspecified atom stereocenters. The first-order chi connectivity index (χ1) is 9.62. The van der Waals surface area contributed by atoms with Crippen LogP contribution >= 0.6 is 0 Å². The molecule has 1 aromatic rings. The largest absolute Gasteiger partial charge is 0.313 e. The summed E-state index contributed by atoms with van der Waals surface area (Å²) in [6, 6.07) is 11.6. The van der Waals surface area contributed by atoms with Gasteiger partial charge in [-0.15, -0.1) is 0 Å². The zero-order valence-corrected chi connectivity index (χ0v) is 13.5. The predicted molar refractivity (Wildman–Crippen MR) is 88.1 cm³/mol. The van der Waals surface area contributed by atoms with Crippen molar-refractivity contribution < 1.29 is 0 Å². The van der Waals surface area contributed by atoms with Crippen molar-refractivity contribution in [2.45, 2.75) is 70.8 Å². The summed E-state index contributed by atoms with van der Waals surface area (Å²) in [6.45, 7) is 8.09. The fourth-order valence-corrected chi connectivity index (χ4v) is 3.45. The van der Waals surface area contributed by atoms with Crippen molar-refractivity contribution in [3.63, 3.8) is 0 Å². The highest BCUT2D eigenvalue weighted by Gasteiger charge is 2.24. The standard InChI is InChI=1S/C19H31N/c1-4-8-16-11-13-18(14-12-16)20-15-19(2,3)17-9-6-5-7-10-17/h5-7,9-10,16,18,20H,4,8,11-15H2,1-3H3. The third-order valence-corrected chi connectivity index (χ3v) is 4.93. The second kappa shape index (κ2) is 7.26. The molecule has 1 fully saturated rings. The van der Waals surface area contributed by atoms with Gasteiger partial charge in [0.25, 0.3) is 0 Å². The van der Waals surface area contributed by atoms with Crippen molar-refractivity contribution in [1.82, 2.24) is 5.32 Å². The van der Waals surface area contributed by atoms with Gasteiger partial charge in [-0.25, -0.2) is 0 Å².